The first kappa shape index (κ1) is 13.6. The molecule has 1 saturated carbocycles. The molecule has 2 rings (SSSR count). The fourth-order valence-electron chi connectivity index (χ4n) is 2.31. The summed E-state index contributed by atoms with van der Waals surface area (Å²) >= 11 is 5.69. The quantitative estimate of drug-likeness (QED) is 0.728. The summed E-state index contributed by atoms with van der Waals surface area (Å²) in [6.45, 7) is 0.371. The molecule has 1 nitrogen and oxygen atoms in total. The van der Waals surface area contributed by atoms with Crippen LogP contribution in [0.4, 0.5) is 8.78 Å². The largest absolute Gasteiger partial charge is 0.493 e. The zero-order chi connectivity index (χ0) is 13.0. The van der Waals surface area contributed by atoms with Crippen LogP contribution in [-0.4, -0.2) is 12.5 Å². The van der Waals surface area contributed by atoms with E-state index in [4.69, 9.17) is 16.3 Å². The average molecular weight is 275 g/mol. The third kappa shape index (κ3) is 3.84. The van der Waals surface area contributed by atoms with Crippen LogP contribution in [-0.2, 0) is 5.88 Å². The van der Waals surface area contributed by atoms with Gasteiger partial charge < -0.3 is 4.74 Å². The lowest BCUT2D eigenvalue weighted by atomic mass is 9.87. The second kappa shape index (κ2) is 5.87. The number of ether oxygens (including phenoxy) is 1. The summed E-state index contributed by atoms with van der Waals surface area (Å²) in [6, 6.07) is 7.44. The standard InChI is InChI=1S/C14H17ClF2O/c15-9-11-3-5-13(6-4-11)18-10-12-2-1-7-14(16,17)8-12/h3-6,12H,1-2,7-10H2. The van der Waals surface area contributed by atoms with Gasteiger partial charge in [0.15, 0.2) is 0 Å². The van der Waals surface area contributed by atoms with Crippen LogP contribution in [0, 0.1) is 5.92 Å². The predicted molar refractivity (Wildman–Crippen MR) is 68.4 cm³/mol. The molecule has 4 heteroatoms. The molecule has 0 aromatic heterocycles. The minimum Gasteiger partial charge on any atom is -0.493 e. The molecule has 1 aliphatic rings. The minimum atomic E-state index is -2.51. The topological polar surface area (TPSA) is 9.23 Å². The summed E-state index contributed by atoms with van der Waals surface area (Å²) in [5.74, 6) is -1.36. The molecule has 0 radical (unpaired) electrons. The van der Waals surface area contributed by atoms with E-state index < -0.39 is 5.92 Å². The van der Waals surface area contributed by atoms with Gasteiger partial charge >= 0.3 is 0 Å². The van der Waals surface area contributed by atoms with Crippen molar-refractivity contribution in [1.29, 1.82) is 0 Å². The van der Waals surface area contributed by atoms with Crippen LogP contribution in [0.25, 0.3) is 0 Å². The van der Waals surface area contributed by atoms with Crippen molar-refractivity contribution >= 4 is 11.6 Å². The van der Waals surface area contributed by atoms with E-state index in [1.54, 1.807) is 0 Å². The van der Waals surface area contributed by atoms with Crippen LogP contribution < -0.4 is 4.74 Å². The fourth-order valence-corrected chi connectivity index (χ4v) is 2.49. The maximum Gasteiger partial charge on any atom is 0.248 e. The third-order valence-electron chi connectivity index (χ3n) is 3.31. The summed E-state index contributed by atoms with van der Waals surface area (Å²) < 4.78 is 32.0. The molecule has 0 amide bonds. The van der Waals surface area contributed by atoms with Gasteiger partial charge in [-0.3, -0.25) is 0 Å². The van der Waals surface area contributed by atoms with Gasteiger partial charge in [-0.1, -0.05) is 12.1 Å². The molecule has 1 aromatic rings. The van der Waals surface area contributed by atoms with Gasteiger partial charge in [0.05, 0.1) is 6.61 Å². The Morgan fingerprint density at radius 2 is 2.00 bits per heavy atom. The highest BCUT2D eigenvalue weighted by Crippen LogP contribution is 2.36. The highest BCUT2D eigenvalue weighted by atomic mass is 35.5. The van der Waals surface area contributed by atoms with Crippen LogP contribution in [0.1, 0.15) is 31.2 Å². The second-order valence-corrected chi connectivity index (χ2v) is 5.17. The van der Waals surface area contributed by atoms with Crippen LogP contribution in [0.2, 0.25) is 0 Å². The van der Waals surface area contributed by atoms with Crippen molar-refractivity contribution in [2.75, 3.05) is 6.61 Å². The van der Waals surface area contributed by atoms with Gasteiger partial charge in [0.2, 0.25) is 5.92 Å². The van der Waals surface area contributed by atoms with Crippen molar-refractivity contribution in [3.05, 3.63) is 29.8 Å². The third-order valence-corrected chi connectivity index (χ3v) is 3.61. The number of alkyl halides is 3. The molecule has 1 unspecified atom stereocenters. The molecule has 1 aliphatic carbocycles. The van der Waals surface area contributed by atoms with Crippen LogP contribution in [0.15, 0.2) is 24.3 Å². The maximum absolute atomic E-state index is 13.2. The van der Waals surface area contributed by atoms with Gasteiger partial charge in [0.1, 0.15) is 5.75 Å². The van der Waals surface area contributed by atoms with Crippen molar-refractivity contribution in [3.63, 3.8) is 0 Å². The SMILES string of the molecule is FC1(F)CCCC(COc2ccc(CCl)cc2)C1. The Morgan fingerprint density at radius 1 is 1.28 bits per heavy atom. The van der Waals surface area contributed by atoms with E-state index in [1.165, 1.54) is 0 Å². The Hall–Kier alpha value is -0.830. The minimum absolute atomic E-state index is 0.0217. The van der Waals surface area contributed by atoms with Gasteiger partial charge in [-0.15, -0.1) is 11.6 Å². The number of hydrogen-bond donors (Lipinski definition) is 0. The van der Waals surface area contributed by atoms with E-state index in [1.807, 2.05) is 24.3 Å². The van der Waals surface area contributed by atoms with E-state index in [-0.39, 0.29) is 18.8 Å². The van der Waals surface area contributed by atoms with E-state index in [2.05, 4.69) is 0 Å². The van der Waals surface area contributed by atoms with Gasteiger partial charge in [0, 0.05) is 18.7 Å². The first-order chi connectivity index (χ1) is 8.59. The molecule has 0 aliphatic heterocycles. The smallest absolute Gasteiger partial charge is 0.248 e. The highest BCUT2D eigenvalue weighted by Gasteiger charge is 2.36. The first-order valence-corrected chi connectivity index (χ1v) is 6.78. The highest BCUT2D eigenvalue weighted by molar-refractivity contribution is 6.17. The van der Waals surface area contributed by atoms with Crippen molar-refractivity contribution < 1.29 is 13.5 Å². The molecular weight excluding hydrogens is 258 g/mol. The molecule has 0 heterocycles. The molecule has 0 bridgehead atoms. The van der Waals surface area contributed by atoms with E-state index >= 15 is 0 Å². The molecule has 1 fully saturated rings. The summed E-state index contributed by atoms with van der Waals surface area (Å²) in [4.78, 5) is 0. The number of benzene rings is 1. The van der Waals surface area contributed by atoms with Gasteiger partial charge in [-0.05, 0) is 36.5 Å². The number of rotatable bonds is 4. The fraction of sp³-hybridized carbons (Fsp3) is 0.571. The lowest BCUT2D eigenvalue weighted by Crippen LogP contribution is -2.29. The summed E-state index contributed by atoms with van der Waals surface area (Å²) in [5, 5.41) is 0. The molecular formula is C14H17ClF2O. The lowest BCUT2D eigenvalue weighted by Gasteiger charge is -2.28. The van der Waals surface area contributed by atoms with E-state index in [9.17, 15) is 8.78 Å². The summed E-state index contributed by atoms with van der Waals surface area (Å²) in [7, 11) is 0. The molecule has 0 N–H and O–H groups in total. The Labute approximate surface area is 111 Å². The Kier molecular flexibility index (Phi) is 4.44. The van der Waals surface area contributed by atoms with Gasteiger partial charge in [-0.2, -0.15) is 0 Å². The van der Waals surface area contributed by atoms with Crippen LogP contribution in [0.3, 0.4) is 0 Å². The first-order valence-electron chi connectivity index (χ1n) is 6.24. The van der Waals surface area contributed by atoms with Crippen LogP contribution >= 0.6 is 11.6 Å². The number of hydrogen-bond acceptors (Lipinski definition) is 1. The Morgan fingerprint density at radius 3 is 2.61 bits per heavy atom. The monoisotopic (exact) mass is 274 g/mol. The zero-order valence-electron chi connectivity index (χ0n) is 10.2. The zero-order valence-corrected chi connectivity index (χ0v) is 10.9. The normalized spacial score (nSPS) is 22.7. The van der Waals surface area contributed by atoms with Gasteiger partial charge in [0.25, 0.3) is 0 Å². The Bertz CT molecular complexity index is 378. The Balaban J connectivity index is 1.83. The van der Waals surface area contributed by atoms with E-state index in [0.29, 0.717) is 18.9 Å². The predicted octanol–water partition coefficient (Wildman–Crippen LogP) is 4.63. The molecule has 1 aromatic carbocycles. The molecule has 100 valence electrons. The second-order valence-electron chi connectivity index (χ2n) is 4.91. The van der Waals surface area contributed by atoms with Crippen molar-refractivity contribution in [3.8, 4) is 5.75 Å². The molecule has 0 spiro atoms. The molecule has 0 saturated heterocycles. The molecule has 1 atom stereocenters. The molecule has 18 heavy (non-hydrogen) atoms. The van der Waals surface area contributed by atoms with Crippen molar-refractivity contribution in [2.45, 2.75) is 37.5 Å². The van der Waals surface area contributed by atoms with Gasteiger partial charge in [-0.25, -0.2) is 8.78 Å². The summed E-state index contributed by atoms with van der Waals surface area (Å²) in [6.07, 6.45) is 1.39. The average Bonchev–Trinajstić information content (AvgIpc) is 2.36. The summed E-state index contributed by atoms with van der Waals surface area (Å²) in [5.41, 5.74) is 1.02. The number of halogens is 3. The van der Waals surface area contributed by atoms with E-state index in [0.717, 1.165) is 17.7 Å². The van der Waals surface area contributed by atoms with Crippen molar-refractivity contribution in [2.24, 2.45) is 5.92 Å². The lowest BCUT2D eigenvalue weighted by molar-refractivity contribution is -0.0585. The maximum atomic E-state index is 13.2. The van der Waals surface area contributed by atoms with Crippen molar-refractivity contribution in [1.82, 2.24) is 0 Å². The van der Waals surface area contributed by atoms with Crippen LogP contribution in [0.5, 0.6) is 5.75 Å².